The van der Waals surface area contributed by atoms with Crippen LogP contribution in [0.2, 0.25) is 6.04 Å². The van der Waals surface area contributed by atoms with Crippen LogP contribution in [0.4, 0.5) is 13.2 Å². The maximum atomic E-state index is 12.6. The Hall–Kier alpha value is -1.63. The summed E-state index contributed by atoms with van der Waals surface area (Å²) in [4.78, 5) is 0. The Balaban J connectivity index is 2.29. The minimum absolute atomic E-state index is 0.644. The van der Waals surface area contributed by atoms with E-state index in [0.717, 1.165) is 34.5 Å². The standard InChI is InChI=1S/C17H19F3O2Si/c1-4-23(21-2,22-3)16-11-7-14(8-12-16)13-5-9-15(10-6-13)17(18,19)20/h5-12H,4H2,1-3H3. The van der Waals surface area contributed by atoms with E-state index in [1.807, 2.05) is 31.2 Å². The Kier molecular flexibility index (Phi) is 5.29. The minimum atomic E-state index is -4.31. The topological polar surface area (TPSA) is 18.5 Å². The summed E-state index contributed by atoms with van der Waals surface area (Å²) >= 11 is 0. The first-order valence-electron chi connectivity index (χ1n) is 7.25. The summed E-state index contributed by atoms with van der Waals surface area (Å²) in [5, 5.41) is 1.00. The highest BCUT2D eigenvalue weighted by Gasteiger charge is 2.35. The number of benzene rings is 2. The van der Waals surface area contributed by atoms with Gasteiger partial charge in [-0.2, -0.15) is 13.2 Å². The number of hydrogen-bond donors (Lipinski definition) is 0. The van der Waals surface area contributed by atoms with Crippen LogP contribution in [0.25, 0.3) is 11.1 Å². The zero-order valence-corrected chi connectivity index (χ0v) is 14.3. The summed E-state index contributed by atoms with van der Waals surface area (Å²) < 4.78 is 49.0. The Morgan fingerprint density at radius 1 is 0.826 bits per heavy atom. The van der Waals surface area contributed by atoms with Gasteiger partial charge in [-0.1, -0.05) is 43.3 Å². The molecule has 0 heterocycles. The molecular weight excluding hydrogens is 321 g/mol. The third-order valence-corrected chi connectivity index (χ3v) is 7.46. The molecule has 124 valence electrons. The first kappa shape index (κ1) is 17.7. The van der Waals surface area contributed by atoms with Crippen LogP contribution >= 0.6 is 0 Å². The number of rotatable bonds is 5. The van der Waals surface area contributed by atoms with E-state index in [1.54, 1.807) is 14.2 Å². The molecule has 2 aromatic rings. The second-order valence-electron chi connectivity index (χ2n) is 5.17. The van der Waals surface area contributed by atoms with Crippen molar-refractivity contribution in [2.75, 3.05) is 14.2 Å². The fourth-order valence-electron chi connectivity index (χ4n) is 2.58. The third kappa shape index (κ3) is 3.65. The van der Waals surface area contributed by atoms with Crippen molar-refractivity contribution in [1.29, 1.82) is 0 Å². The third-order valence-electron chi connectivity index (χ3n) is 4.00. The lowest BCUT2D eigenvalue weighted by atomic mass is 10.0. The molecule has 6 heteroatoms. The van der Waals surface area contributed by atoms with Gasteiger partial charge in [-0.3, -0.25) is 0 Å². The predicted molar refractivity (Wildman–Crippen MR) is 86.8 cm³/mol. The number of alkyl halides is 3. The molecule has 2 nitrogen and oxygen atoms in total. The van der Waals surface area contributed by atoms with Gasteiger partial charge in [-0.05, 0) is 34.5 Å². The molecule has 0 atom stereocenters. The molecule has 0 aromatic heterocycles. The van der Waals surface area contributed by atoms with Crippen LogP contribution < -0.4 is 5.19 Å². The lowest BCUT2D eigenvalue weighted by Gasteiger charge is -2.26. The van der Waals surface area contributed by atoms with Crippen LogP contribution in [-0.2, 0) is 15.0 Å². The van der Waals surface area contributed by atoms with Crippen molar-refractivity contribution in [2.45, 2.75) is 19.1 Å². The Bertz CT molecular complexity index is 624. The van der Waals surface area contributed by atoms with E-state index in [9.17, 15) is 13.2 Å². The van der Waals surface area contributed by atoms with E-state index in [4.69, 9.17) is 8.85 Å². The predicted octanol–water partition coefficient (Wildman–Crippen LogP) is 4.33. The fraction of sp³-hybridized carbons (Fsp3) is 0.294. The highest BCUT2D eigenvalue weighted by Crippen LogP contribution is 2.30. The van der Waals surface area contributed by atoms with Gasteiger partial charge in [0.2, 0.25) is 0 Å². The number of halogens is 3. The SMILES string of the molecule is CC[Si](OC)(OC)c1ccc(-c2ccc(C(F)(F)F)cc2)cc1. The first-order valence-corrected chi connectivity index (χ1v) is 9.27. The normalized spacial score (nSPS) is 12.4. The van der Waals surface area contributed by atoms with Crippen molar-refractivity contribution in [3.8, 4) is 11.1 Å². The summed E-state index contributed by atoms with van der Waals surface area (Å²) in [5.41, 5.74) is 0.950. The van der Waals surface area contributed by atoms with Crippen LogP contribution in [0, 0.1) is 0 Å². The van der Waals surface area contributed by atoms with Crippen molar-refractivity contribution < 1.29 is 22.0 Å². The van der Waals surface area contributed by atoms with Gasteiger partial charge in [0.15, 0.2) is 0 Å². The fourth-order valence-corrected chi connectivity index (χ4v) is 4.88. The lowest BCUT2D eigenvalue weighted by molar-refractivity contribution is -0.137. The van der Waals surface area contributed by atoms with Gasteiger partial charge in [-0.15, -0.1) is 0 Å². The van der Waals surface area contributed by atoms with Gasteiger partial charge >= 0.3 is 14.7 Å². The van der Waals surface area contributed by atoms with E-state index in [1.165, 1.54) is 12.1 Å². The lowest BCUT2D eigenvalue weighted by Crippen LogP contribution is -2.51. The summed E-state index contributed by atoms with van der Waals surface area (Å²) in [6.45, 7) is 2.02. The molecule has 23 heavy (non-hydrogen) atoms. The van der Waals surface area contributed by atoms with Crippen molar-refractivity contribution in [1.82, 2.24) is 0 Å². The van der Waals surface area contributed by atoms with E-state index >= 15 is 0 Å². The second kappa shape index (κ2) is 6.86. The Morgan fingerprint density at radius 2 is 1.26 bits per heavy atom. The maximum Gasteiger partial charge on any atom is 0.416 e. The second-order valence-corrected chi connectivity index (χ2v) is 8.77. The van der Waals surface area contributed by atoms with Gasteiger partial charge in [-0.25, -0.2) is 0 Å². The molecule has 2 rings (SSSR count). The van der Waals surface area contributed by atoms with E-state index in [-0.39, 0.29) is 0 Å². The molecule has 0 amide bonds. The molecule has 0 aliphatic rings. The van der Waals surface area contributed by atoms with Crippen LogP contribution in [0.5, 0.6) is 0 Å². The average molecular weight is 340 g/mol. The summed E-state index contributed by atoms with van der Waals surface area (Å²) in [6, 6.07) is 13.5. The molecule has 0 saturated carbocycles. The van der Waals surface area contributed by atoms with Gasteiger partial charge in [0.25, 0.3) is 0 Å². The largest absolute Gasteiger partial charge is 0.416 e. The maximum absolute atomic E-state index is 12.6. The molecule has 0 spiro atoms. The van der Waals surface area contributed by atoms with E-state index in [2.05, 4.69) is 0 Å². The molecule has 0 saturated heterocycles. The molecule has 0 radical (unpaired) electrons. The zero-order valence-electron chi connectivity index (χ0n) is 13.3. The van der Waals surface area contributed by atoms with Gasteiger partial charge < -0.3 is 8.85 Å². The molecule has 0 aliphatic carbocycles. The quantitative estimate of drug-likeness (QED) is 0.754. The molecular formula is C17H19F3O2Si. The molecule has 0 aliphatic heterocycles. The Morgan fingerprint density at radius 3 is 1.61 bits per heavy atom. The Labute approximate surface area is 135 Å². The van der Waals surface area contributed by atoms with Crippen molar-refractivity contribution >= 4 is 13.7 Å². The van der Waals surface area contributed by atoms with Gasteiger partial charge in [0.05, 0.1) is 5.56 Å². The molecule has 0 bridgehead atoms. The van der Waals surface area contributed by atoms with Crippen molar-refractivity contribution in [3.05, 3.63) is 54.1 Å². The van der Waals surface area contributed by atoms with Crippen molar-refractivity contribution in [3.63, 3.8) is 0 Å². The first-order chi connectivity index (χ1) is 10.9. The van der Waals surface area contributed by atoms with Crippen LogP contribution in [0.15, 0.2) is 48.5 Å². The minimum Gasteiger partial charge on any atom is -0.394 e. The van der Waals surface area contributed by atoms with Gasteiger partial charge in [0.1, 0.15) is 0 Å². The van der Waals surface area contributed by atoms with Crippen LogP contribution in [0.1, 0.15) is 12.5 Å². The van der Waals surface area contributed by atoms with E-state index in [0.29, 0.717) is 0 Å². The number of hydrogen-bond acceptors (Lipinski definition) is 2. The van der Waals surface area contributed by atoms with Crippen LogP contribution in [0.3, 0.4) is 0 Å². The highest BCUT2D eigenvalue weighted by molar-refractivity contribution is 6.81. The monoisotopic (exact) mass is 340 g/mol. The molecule has 0 fully saturated rings. The average Bonchev–Trinajstić information content (AvgIpc) is 2.57. The van der Waals surface area contributed by atoms with E-state index < -0.39 is 20.3 Å². The van der Waals surface area contributed by atoms with Crippen molar-refractivity contribution in [2.24, 2.45) is 0 Å². The summed E-state index contributed by atoms with van der Waals surface area (Å²) in [5.74, 6) is 0. The molecule has 2 aromatic carbocycles. The summed E-state index contributed by atoms with van der Waals surface area (Å²) in [7, 11) is 0.884. The molecule has 0 N–H and O–H groups in total. The van der Waals surface area contributed by atoms with Gasteiger partial charge in [0, 0.05) is 14.2 Å². The smallest absolute Gasteiger partial charge is 0.394 e. The molecule has 0 unspecified atom stereocenters. The highest BCUT2D eigenvalue weighted by atomic mass is 28.4. The zero-order chi connectivity index (χ0) is 17.1. The van der Waals surface area contributed by atoms with Crippen LogP contribution in [-0.4, -0.2) is 22.8 Å². The summed E-state index contributed by atoms with van der Waals surface area (Å²) in [6.07, 6.45) is -4.31.